The average molecular weight is 328 g/mol. The van der Waals surface area contributed by atoms with Crippen molar-refractivity contribution in [1.29, 1.82) is 0 Å². The highest BCUT2D eigenvalue weighted by Gasteiger charge is 2.25. The van der Waals surface area contributed by atoms with Gasteiger partial charge in [0.25, 0.3) is 0 Å². The van der Waals surface area contributed by atoms with E-state index >= 15 is 0 Å². The lowest BCUT2D eigenvalue weighted by atomic mass is 9.92. The van der Waals surface area contributed by atoms with Crippen LogP contribution in [-0.4, -0.2) is 40.2 Å². The molecule has 1 aromatic heterocycles. The summed E-state index contributed by atoms with van der Waals surface area (Å²) in [4.78, 5) is 17.9. The second-order valence-corrected chi connectivity index (χ2v) is 5.77. The summed E-state index contributed by atoms with van der Waals surface area (Å²) in [7, 11) is 0. The number of carbonyl (C=O) groups excluding carboxylic acids is 1. The molecule has 1 aliphatic rings. The van der Waals surface area contributed by atoms with Gasteiger partial charge in [-0.1, -0.05) is 0 Å². The molecule has 0 aliphatic carbocycles. The molecule has 1 aromatic rings. The van der Waals surface area contributed by atoms with Crippen molar-refractivity contribution in [3.05, 3.63) is 22.8 Å². The van der Waals surface area contributed by atoms with Gasteiger partial charge in [0.2, 0.25) is 0 Å². The van der Waals surface area contributed by atoms with Gasteiger partial charge in [0, 0.05) is 23.8 Å². The Balaban J connectivity index is 1.86. The highest BCUT2D eigenvalue weighted by atomic mass is 79.9. The SMILES string of the molecule is C[C@H](O)C1CCN(C(=O)Nc2ccc(Br)cn2)CC1. The molecule has 1 saturated heterocycles. The number of carbonyl (C=O) groups is 1. The van der Waals surface area contributed by atoms with Gasteiger partial charge in [-0.3, -0.25) is 5.32 Å². The number of piperidine rings is 1. The Hall–Kier alpha value is -1.14. The first kappa shape index (κ1) is 14.3. The van der Waals surface area contributed by atoms with Gasteiger partial charge in [0.15, 0.2) is 0 Å². The average Bonchev–Trinajstić information content (AvgIpc) is 2.41. The fourth-order valence-electron chi connectivity index (χ4n) is 2.22. The third-order valence-electron chi connectivity index (χ3n) is 3.47. The quantitative estimate of drug-likeness (QED) is 0.876. The fraction of sp³-hybridized carbons (Fsp3) is 0.538. The molecule has 2 amide bonds. The van der Waals surface area contributed by atoms with Crippen LogP contribution in [0.5, 0.6) is 0 Å². The van der Waals surface area contributed by atoms with Crippen molar-refractivity contribution >= 4 is 27.8 Å². The van der Waals surface area contributed by atoms with E-state index < -0.39 is 0 Å². The van der Waals surface area contributed by atoms with Crippen LogP contribution in [0.2, 0.25) is 0 Å². The molecular weight excluding hydrogens is 310 g/mol. The van der Waals surface area contributed by atoms with Crippen LogP contribution in [-0.2, 0) is 0 Å². The van der Waals surface area contributed by atoms with E-state index in [1.165, 1.54) is 0 Å². The molecule has 104 valence electrons. The Labute approximate surface area is 121 Å². The summed E-state index contributed by atoms with van der Waals surface area (Å²) in [5.74, 6) is 0.848. The van der Waals surface area contributed by atoms with Gasteiger partial charge in [0.05, 0.1) is 6.10 Å². The van der Waals surface area contributed by atoms with E-state index in [1.807, 2.05) is 13.0 Å². The van der Waals surface area contributed by atoms with E-state index in [-0.39, 0.29) is 12.1 Å². The topological polar surface area (TPSA) is 65.5 Å². The summed E-state index contributed by atoms with van der Waals surface area (Å²) in [5, 5.41) is 12.3. The lowest BCUT2D eigenvalue weighted by Gasteiger charge is -2.33. The predicted molar refractivity (Wildman–Crippen MR) is 76.9 cm³/mol. The fourth-order valence-corrected chi connectivity index (χ4v) is 2.46. The van der Waals surface area contributed by atoms with Crippen LogP contribution in [0.3, 0.4) is 0 Å². The molecule has 1 atom stereocenters. The molecule has 0 aromatic carbocycles. The number of halogens is 1. The number of rotatable bonds is 2. The third-order valence-corrected chi connectivity index (χ3v) is 3.94. The van der Waals surface area contributed by atoms with Crippen molar-refractivity contribution in [2.24, 2.45) is 5.92 Å². The molecule has 5 nitrogen and oxygen atoms in total. The third kappa shape index (κ3) is 3.91. The van der Waals surface area contributed by atoms with E-state index in [0.29, 0.717) is 24.8 Å². The zero-order valence-corrected chi connectivity index (χ0v) is 12.4. The molecule has 19 heavy (non-hydrogen) atoms. The Bertz CT molecular complexity index is 428. The minimum atomic E-state index is -0.293. The first-order chi connectivity index (χ1) is 9.06. The first-order valence-electron chi connectivity index (χ1n) is 6.42. The summed E-state index contributed by atoms with van der Waals surface area (Å²) in [6, 6.07) is 3.46. The van der Waals surface area contributed by atoms with E-state index in [2.05, 4.69) is 26.2 Å². The molecule has 2 rings (SSSR count). The van der Waals surface area contributed by atoms with E-state index in [4.69, 9.17) is 0 Å². The summed E-state index contributed by atoms with van der Waals surface area (Å²) in [6.07, 6.45) is 3.05. The van der Waals surface area contributed by atoms with E-state index in [0.717, 1.165) is 17.3 Å². The monoisotopic (exact) mass is 327 g/mol. The minimum Gasteiger partial charge on any atom is -0.393 e. The number of amides is 2. The number of likely N-dealkylation sites (tertiary alicyclic amines) is 1. The van der Waals surface area contributed by atoms with Crippen LogP contribution in [0.1, 0.15) is 19.8 Å². The molecule has 0 radical (unpaired) electrons. The number of aliphatic hydroxyl groups excluding tert-OH is 1. The molecule has 0 unspecified atom stereocenters. The summed E-state index contributed by atoms with van der Waals surface area (Å²) in [5.41, 5.74) is 0. The molecule has 2 N–H and O–H groups in total. The smallest absolute Gasteiger partial charge is 0.323 e. The lowest BCUT2D eigenvalue weighted by molar-refractivity contribution is 0.0820. The summed E-state index contributed by atoms with van der Waals surface area (Å²) >= 11 is 3.30. The highest BCUT2D eigenvalue weighted by Crippen LogP contribution is 2.21. The van der Waals surface area contributed by atoms with Gasteiger partial charge >= 0.3 is 6.03 Å². The van der Waals surface area contributed by atoms with Crippen molar-refractivity contribution in [3.63, 3.8) is 0 Å². The standard InChI is InChI=1S/C13H18BrN3O2/c1-9(18)10-4-6-17(7-5-10)13(19)16-12-3-2-11(14)8-15-12/h2-3,8-10,18H,4-7H2,1H3,(H,15,16,19)/t9-/m0/s1. The second kappa shape index (κ2) is 6.34. The second-order valence-electron chi connectivity index (χ2n) is 4.86. The lowest BCUT2D eigenvalue weighted by Crippen LogP contribution is -2.42. The number of nitrogens with zero attached hydrogens (tertiary/aromatic N) is 2. The van der Waals surface area contributed by atoms with Crippen LogP contribution in [0.25, 0.3) is 0 Å². The zero-order chi connectivity index (χ0) is 13.8. The number of nitrogens with one attached hydrogen (secondary N) is 1. The number of aromatic nitrogens is 1. The Morgan fingerprint density at radius 1 is 1.53 bits per heavy atom. The molecule has 0 bridgehead atoms. The number of anilines is 1. The Morgan fingerprint density at radius 3 is 2.74 bits per heavy atom. The van der Waals surface area contributed by atoms with Gasteiger partial charge in [-0.2, -0.15) is 0 Å². The number of pyridine rings is 1. The van der Waals surface area contributed by atoms with Gasteiger partial charge < -0.3 is 10.0 Å². The normalized spacial score (nSPS) is 18.2. The molecule has 6 heteroatoms. The number of aliphatic hydroxyl groups is 1. The molecule has 1 fully saturated rings. The van der Waals surface area contributed by atoms with Gasteiger partial charge in [-0.05, 0) is 53.7 Å². The van der Waals surface area contributed by atoms with Gasteiger partial charge in [-0.15, -0.1) is 0 Å². The number of urea groups is 1. The van der Waals surface area contributed by atoms with Crippen molar-refractivity contribution < 1.29 is 9.90 Å². The Kier molecular flexibility index (Phi) is 4.76. The molecule has 0 saturated carbocycles. The van der Waals surface area contributed by atoms with E-state index in [9.17, 15) is 9.90 Å². The zero-order valence-electron chi connectivity index (χ0n) is 10.8. The van der Waals surface area contributed by atoms with Crippen molar-refractivity contribution in [1.82, 2.24) is 9.88 Å². The maximum absolute atomic E-state index is 12.0. The predicted octanol–water partition coefficient (Wildman–Crippen LogP) is 2.47. The van der Waals surface area contributed by atoms with Gasteiger partial charge in [-0.25, -0.2) is 9.78 Å². The van der Waals surface area contributed by atoms with Crippen molar-refractivity contribution in [2.75, 3.05) is 18.4 Å². The Morgan fingerprint density at radius 2 is 2.21 bits per heavy atom. The minimum absolute atomic E-state index is 0.126. The van der Waals surface area contributed by atoms with Crippen LogP contribution in [0.15, 0.2) is 22.8 Å². The number of hydrogen-bond acceptors (Lipinski definition) is 3. The number of hydrogen-bond donors (Lipinski definition) is 2. The first-order valence-corrected chi connectivity index (χ1v) is 7.21. The maximum Gasteiger partial charge on any atom is 0.323 e. The van der Waals surface area contributed by atoms with Crippen LogP contribution >= 0.6 is 15.9 Å². The van der Waals surface area contributed by atoms with Crippen LogP contribution in [0, 0.1) is 5.92 Å². The van der Waals surface area contributed by atoms with Crippen molar-refractivity contribution in [2.45, 2.75) is 25.9 Å². The van der Waals surface area contributed by atoms with Crippen LogP contribution < -0.4 is 5.32 Å². The molecule has 1 aliphatic heterocycles. The van der Waals surface area contributed by atoms with E-state index in [1.54, 1.807) is 17.2 Å². The molecule has 2 heterocycles. The van der Waals surface area contributed by atoms with Crippen LogP contribution in [0.4, 0.5) is 10.6 Å². The summed E-state index contributed by atoms with van der Waals surface area (Å²) < 4.78 is 0.878. The van der Waals surface area contributed by atoms with Crippen molar-refractivity contribution in [3.8, 4) is 0 Å². The molecule has 0 spiro atoms. The molecular formula is C13H18BrN3O2. The van der Waals surface area contributed by atoms with Gasteiger partial charge in [0.1, 0.15) is 5.82 Å². The summed E-state index contributed by atoms with van der Waals surface area (Å²) in [6.45, 7) is 3.17. The maximum atomic E-state index is 12.0. The largest absolute Gasteiger partial charge is 0.393 e. The highest BCUT2D eigenvalue weighted by molar-refractivity contribution is 9.10.